The highest BCUT2D eigenvalue weighted by Gasteiger charge is 2.29. The van der Waals surface area contributed by atoms with Crippen molar-refractivity contribution in [2.75, 3.05) is 6.61 Å². The Morgan fingerprint density at radius 2 is 2.07 bits per heavy atom. The highest BCUT2D eigenvalue weighted by molar-refractivity contribution is 6.30. The summed E-state index contributed by atoms with van der Waals surface area (Å²) in [5.41, 5.74) is 8.23. The number of nitrogens with zero attached hydrogens (tertiary/aromatic N) is 2. The number of rotatable bonds is 6. The minimum Gasteiger partial charge on any atom is -0.465 e. The molecule has 0 N–H and O–H groups in total. The van der Waals surface area contributed by atoms with E-state index in [9.17, 15) is 9.59 Å². The molecule has 0 aromatic carbocycles. The second-order valence-corrected chi connectivity index (χ2v) is 3.58. The molecular formula is C10H16N2O3. The molecule has 0 radical (unpaired) electrons. The largest absolute Gasteiger partial charge is 0.465 e. The van der Waals surface area contributed by atoms with Crippen molar-refractivity contribution in [3.8, 4) is 0 Å². The van der Waals surface area contributed by atoms with Crippen LogP contribution >= 0.6 is 0 Å². The third-order valence-electron chi connectivity index (χ3n) is 1.81. The summed E-state index contributed by atoms with van der Waals surface area (Å²) < 4.78 is 4.77. The van der Waals surface area contributed by atoms with Crippen molar-refractivity contribution in [3.05, 3.63) is 5.53 Å². The molecule has 0 aliphatic heterocycles. The van der Waals surface area contributed by atoms with Gasteiger partial charge in [0, 0.05) is 0 Å². The maximum atomic E-state index is 11.4. The van der Waals surface area contributed by atoms with Crippen LogP contribution in [0.1, 0.15) is 27.2 Å². The van der Waals surface area contributed by atoms with Crippen LogP contribution in [0.25, 0.3) is 5.53 Å². The van der Waals surface area contributed by atoms with Crippen molar-refractivity contribution >= 4 is 18.0 Å². The van der Waals surface area contributed by atoms with Crippen molar-refractivity contribution in [3.63, 3.8) is 0 Å². The number of ether oxygens (including phenoxy) is 1. The number of Topliss-reactive ketones (excluding diaryl/α,β-unsaturated/α-hetero) is 1. The standard InChI is InChI=1S/C10H16N2O3/c1-4-15-10(14)8(5-7(2)3)9(13)6-12-11/h6-8H,4-5H2,1-3H3. The van der Waals surface area contributed by atoms with Gasteiger partial charge in [0.1, 0.15) is 5.92 Å². The first kappa shape index (κ1) is 13.5. The lowest BCUT2D eigenvalue weighted by atomic mass is 9.94. The predicted molar refractivity (Wildman–Crippen MR) is 54.3 cm³/mol. The van der Waals surface area contributed by atoms with Crippen LogP contribution < -0.4 is 0 Å². The van der Waals surface area contributed by atoms with Crippen molar-refractivity contribution in [2.24, 2.45) is 11.8 Å². The van der Waals surface area contributed by atoms with Gasteiger partial charge in [-0.15, -0.1) is 0 Å². The first-order valence-electron chi connectivity index (χ1n) is 4.90. The molecule has 0 fully saturated rings. The fourth-order valence-corrected chi connectivity index (χ4v) is 1.19. The molecule has 0 saturated carbocycles. The van der Waals surface area contributed by atoms with E-state index in [4.69, 9.17) is 10.3 Å². The van der Waals surface area contributed by atoms with Gasteiger partial charge in [0.05, 0.1) is 6.61 Å². The molecular weight excluding hydrogens is 196 g/mol. The minimum atomic E-state index is -0.860. The molecule has 0 rings (SSSR count). The molecule has 0 spiro atoms. The third kappa shape index (κ3) is 5.08. The molecule has 1 unspecified atom stereocenters. The van der Waals surface area contributed by atoms with Crippen LogP contribution in [-0.4, -0.2) is 29.4 Å². The third-order valence-corrected chi connectivity index (χ3v) is 1.81. The summed E-state index contributed by atoms with van der Waals surface area (Å²) in [4.78, 5) is 25.4. The molecule has 1 atom stereocenters. The molecule has 5 heteroatoms. The topological polar surface area (TPSA) is 79.8 Å². The van der Waals surface area contributed by atoms with Gasteiger partial charge in [-0.25, -0.2) is 0 Å². The fraction of sp³-hybridized carbons (Fsp3) is 0.700. The number of carbonyl (C=O) groups excluding carboxylic acids is 2. The van der Waals surface area contributed by atoms with E-state index in [0.29, 0.717) is 6.42 Å². The highest BCUT2D eigenvalue weighted by Crippen LogP contribution is 2.13. The number of carbonyl (C=O) groups is 2. The Morgan fingerprint density at radius 3 is 2.47 bits per heavy atom. The van der Waals surface area contributed by atoms with E-state index >= 15 is 0 Å². The molecule has 0 saturated heterocycles. The maximum absolute atomic E-state index is 11.4. The Bertz CT molecular complexity index is 280. The number of esters is 1. The lowest BCUT2D eigenvalue weighted by Crippen LogP contribution is -2.28. The Labute approximate surface area is 89.0 Å². The quantitative estimate of drug-likeness (QED) is 0.217. The van der Waals surface area contributed by atoms with Crippen LogP contribution in [0.3, 0.4) is 0 Å². The van der Waals surface area contributed by atoms with E-state index in [1.807, 2.05) is 13.8 Å². The van der Waals surface area contributed by atoms with Crippen LogP contribution in [0.2, 0.25) is 0 Å². The summed E-state index contributed by atoms with van der Waals surface area (Å²) in [6.07, 6.45) is 1.13. The van der Waals surface area contributed by atoms with Gasteiger partial charge in [-0.05, 0) is 19.3 Å². The molecule has 0 aliphatic carbocycles. The van der Waals surface area contributed by atoms with Crippen LogP contribution in [0.5, 0.6) is 0 Å². The van der Waals surface area contributed by atoms with E-state index in [1.54, 1.807) is 6.92 Å². The Kier molecular flexibility index (Phi) is 6.22. The van der Waals surface area contributed by atoms with Crippen LogP contribution in [0.4, 0.5) is 0 Å². The zero-order valence-electron chi connectivity index (χ0n) is 9.27. The van der Waals surface area contributed by atoms with Gasteiger partial charge in [-0.2, -0.15) is 4.79 Å². The van der Waals surface area contributed by atoms with Gasteiger partial charge in [0.25, 0.3) is 0 Å². The minimum absolute atomic E-state index is 0.190. The summed E-state index contributed by atoms with van der Waals surface area (Å²) in [5.74, 6) is -1.75. The molecule has 0 aromatic heterocycles. The van der Waals surface area contributed by atoms with Crippen LogP contribution in [0.15, 0.2) is 0 Å². The highest BCUT2D eigenvalue weighted by atomic mass is 16.5. The summed E-state index contributed by atoms with van der Waals surface area (Å²) in [7, 11) is 0. The molecule has 0 amide bonds. The van der Waals surface area contributed by atoms with E-state index < -0.39 is 17.7 Å². The van der Waals surface area contributed by atoms with E-state index in [-0.39, 0.29) is 12.5 Å². The van der Waals surface area contributed by atoms with Crippen molar-refractivity contribution in [1.29, 1.82) is 0 Å². The monoisotopic (exact) mass is 212 g/mol. The van der Waals surface area contributed by atoms with Crippen molar-refractivity contribution in [2.45, 2.75) is 27.2 Å². The average molecular weight is 212 g/mol. The zero-order valence-corrected chi connectivity index (χ0v) is 9.27. The molecule has 0 heterocycles. The molecule has 84 valence electrons. The van der Waals surface area contributed by atoms with Crippen LogP contribution in [0, 0.1) is 11.8 Å². The smallest absolute Gasteiger partial charge is 0.324 e. The average Bonchev–Trinajstić information content (AvgIpc) is 2.14. The number of hydrogen-bond acceptors (Lipinski definition) is 3. The first-order valence-corrected chi connectivity index (χ1v) is 4.90. The molecule has 0 aromatic rings. The van der Waals surface area contributed by atoms with Crippen LogP contribution in [-0.2, 0) is 14.3 Å². The Morgan fingerprint density at radius 1 is 1.47 bits per heavy atom. The van der Waals surface area contributed by atoms with Gasteiger partial charge >= 0.3 is 12.2 Å². The molecule has 0 bridgehead atoms. The van der Waals surface area contributed by atoms with Crippen molar-refractivity contribution < 1.29 is 19.1 Å². The predicted octanol–water partition coefficient (Wildman–Crippen LogP) is 1.08. The first-order chi connectivity index (χ1) is 7.02. The zero-order chi connectivity index (χ0) is 11.8. The van der Waals surface area contributed by atoms with Gasteiger partial charge in [-0.1, -0.05) is 13.8 Å². The summed E-state index contributed by atoms with van der Waals surface area (Å²) in [5, 5.41) is 0. The maximum Gasteiger partial charge on any atom is 0.324 e. The van der Waals surface area contributed by atoms with E-state index in [0.717, 1.165) is 6.21 Å². The molecule has 5 nitrogen and oxygen atoms in total. The van der Waals surface area contributed by atoms with E-state index in [2.05, 4.69) is 4.79 Å². The SMILES string of the molecule is CCOC(=O)C(CC(C)C)C(=O)C=[N+]=[N-]. The fourth-order valence-electron chi connectivity index (χ4n) is 1.19. The second kappa shape index (κ2) is 6.90. The van der Waals surface area contributed by atoms with Gasteiger partial charge in [-0.3, -0.25) is 9.59 Å². The Balaban J connectivity index is 4.63. The summed E-state index contributed by atoms with van der Waals surface area (Å²) in [6.45, 7) is 5.71. The lowest BCUT2D eigenvalue weighted by molar-refractivity contribution is -0.151. The number of hydrogen-bond donors (Lipinski definition) is 0. The van der Waals surface area contributed by atoms with E-state index in [1.165, 1.54) is 0 Å². The summed E-state index contributed by atoms with van der Waals surface area (Å²) in [6, 6.07) is 0. The van der Waals surface area contributed by atoms with Gasteiger partial charge < -0.3 is 10.3 Å². The number of ketones is 1. The second-order valence-electron chi connectivity index (χ2n) is 3.58. The Hall–Kier alpha value is -1.48. The molecule has 15 heavy (non-hydrogen) atoms. The lowest BCUT2D eigenvalue weighted by Gasteiger charge is -2.12. The molecule has 0 aliphatic rings. The van der Waals surface area contributed by atoms with Crippen molar-refractivity contribution in [1.82, 2.24) is 0 Å². The van der Waals surface area contributed by atoms with Gasteiger partial charge in [0.15, 0.2) is 0 Å². The van der Waals surface area contributed by atoms with Gasteiger partial charge in [0.2, 0.25) is 5.78 Å². The summed E-state index contributed by atoms with van der Waals surface area (Å²) >= 11 is 0. The normalized spacial score (nSPS) is 11.7.